The Morgan fingerprint density at radius 2 is 0.961 bits per heavy atom. The summed E-state index contributed by atoms with van der Waals surface area (Å²) in [5, 5.41) is 2.34. The fourth-order valence-corrected chi connectivity index (χ4v) is 9.71. The molecule has 0 N–H and O–H groups in total. The van der Waals surface area contributed by atoms with Gasteiger partial charge in [0.1, 0.15) is 0 Å². The van der Waals surface area contributed by atoms with Crippen LogP contribution < -0.4 is 0 Å². The SMILES string of the molecule is CC1(C)c2ccccc2C2(c3ccccc3Sc3ccccc32)c2c(-c3nc(-c4ccccc4)nc(-c4ccc5ccccc5c4)n3)cccc21. The summed E-state index contributed by atoms with van der Waals surface area (Å²) in [6.45, 7) is 4.72. The number of hydrogen-bond acceptors (Lipinski definition) is 4. The van der Waals surface area contributed by atoms with Gasteiger partial charge in [0.2, 0.25) is 0 Å². The van der Waals surface area contributed by atoms with Crippen LogP contribution in [0, 0.1) is 0 Å². The monoisotopic (exact) mass is 671 g/mol. The molecule has 2 heterocycles. The van der Waals surface area contributed by atoms with Crippen LogP contribution in [0.1, 0.15) is 47.2 Å². The van der Waals surface area contributed by atoms with Crippen molar-refractivity contribution in [2.24, 2.45) is 0 Å². The summed E-state index contributed by atoms with van der Waals surface area (Å²) < 4.78 is 0. The van der Waals surface area contributed by atoms with E-state index < -0.39 is 5.41 Å². The molecule has 1 aromatic heterocycles. The summed E-state index contributed by atoms with van der Waals surface area (Å²) in [6, 6.07) is 58.9. The minimum Gasteiger partial charge on any atom is -0.208 e. The second-order valence-electron chi connectivity index (χ2n) is 14.0. The van der Waals surface area contributed by atoms with Crippen molar-refractivity contribution in [1.29, 1.82) is 0 Å². The Balaban J connectivity index is 1.34. The van der Waals surface area contributed by atoms with Crippen LogP contribution in [0.3, 0.4) is 0 Å². The molecular formula is C47H33N3S. The zero-order chi connectivity index (χ0) is 34.2. The Kier molecular flexibility index (Phi) is 6.68. The van der Waals surface area contributed by atoms with E-state index in [1.807, 2.05) is 30.0 Å². The van der Waals surface area contributed by atoms with Crippen LogP contribution >= 0.6 is 11.8 Å². The van der Waals surface area contributed by atoms with Crippen LogP contribution in [0.25, 0.3) is 44.9 Å². The second kappa shape index (κ2) is 11.3. The third kappa shape index (κ3) is 4.43. The minimum atomic E-state index is -0.598. The molecule has 0 amide bonds. The molecule has 8 aromatic rings. The van der Waals surface area contributed by atoms with Gasteiger partial charge >= 0.3 is 0 Å². The van der Waals surface area contributed by atoms with Gasteiger partial charge < -0.3 is 0 Å². The summed E-state index contributed by atoms with van der Waals surface area (Å²) in [5.74, 6) is 1.99. The molecule has 242 valence electrons. The first-order valence-corrected chi connectivity index (χ1v) is 18.3. The van der Waals surface area contributed by atoms with E-state index in [0.717, 1.165) is 22.1 Å². The summed E-state index contributed by atoms with van der Waals surface area (Å²) >= 11 is 1.86. The quantitative estimate of drug-likeness (QED) is 0.187. The predicted molar refractivity (Wildman–Crippen MR) is 208 cm³/mol. The average Bonchev–Trinajstić information content (AvgIpc) is 3.19. The van der Waals surface area contributed by atoms with Gasteiger partial charge in [0, 0.05) is 31.9 Å². The van der Waals surface area contributed by atoms with E-state index in [-0.39, 0.29) is 5.41 Å². The zero-order valence-corrected chi connectivity index (χ0v) is 29.2. The first kappa shape index (κ1) is 30.0. The normalized spacial score (nSPS) is 14.7. The fourth-order valence-electron chi connectivity index (χ4n) is 8.52. The van der Waals surface area contributed by atoms with Gasteiger partial charge in [-0.25, -0.2) is 15.0 Å². The number of fused-ring (bicyclic) bond motifs is 9. The Labute approximate surface area is 302 Å². The van der Waals surface area contributed by atoms with Gasteiger partial charge in [-0.1, -0.05) is 171 Å². The van der Waals surface area contributed by atoms with Crippen LogP contribution in [-0.2, 0) is 10.8 Å². The highest BCUT2D eigenvalue weighted by Crippen LogP contribution is 2.63. The number of aromatic nitrogens is 3. The Hall–Kier alpha value is -5.84. The molecule has 7 aromatic carbocycles. The van der Waals surface area contributed by atoms with Crippen molar-refractivity contribution in [2.45, 2.75) is 34.5 Å². The summed E-state index contributed by atoms with van der Waals surface area (Å²) in [7, 11) is 0. The molecule has 0 atom stereocenters. The van der Waals surface area contributed by atoms with E-state index in [9.17, 15) is 0 Å². The highest BCUT2D eigenvalue weighted by atomic mass is 32.2. The Morgan fingerprint density at radius 3 is 1.69 bits per heavy atom. The van der Waals surface area contributed by atoms with Crippen LogP contribution in [0.2, 0.25) is 0 Å². The highest BCUT2D eigenvalue weighted by Gasteiger charge is 2.53. The first-order chi connectivity index (χ1) is 25.0. The van der Waals surface area contributed by atoms with E-state index in [1.165, 1.54) is 48.6 Å². The standard InChI is InChI=1S/C47H33N3S/c1-46(2)35-20-8-9-21-36(35)47(37-22-10-12-25-40(37)51-41-26-13-11-23-38(41)47)42-34(19-14-24-39(42)46)45-49-43(31-16-4-3-5-17-31)48-44(50-45)33-28-27-30-15-6-7-18-32(30)29-33/h3-29H,1-2H3. The summed E-state index contributed by atoms with van der Waals surface area (Å²) in [4.78, 5) is 18.4. The third-order valence-electron chi connectivity index (χ3n) is 10.8. The lowest BCUT2D eigenvalue weighted by molar-refractivity contribution is 0.550. The average molecular weight is 672 g/mol. The number of rotatable bonds is 3. The van der Waals surface area contributed by atoms with Gasteiger partial charge in [-0.3, -0.25) is 0 Å². The van der Waals surface area contributed by atoms with Gasteiger partial charge in [0.25, 0.3) is 0 Å². The van der Waals surface area contributed by atoms with Crippen molar-refractivity contribution in [3.63, 3.8) is 0 Å². The van der Waals surface area contributed by atoms with Crippen LogP contribution in [0.15, 0.2) is 174 Å². The number of hydrogen-bond donors (Lipinski definition) is 0. The van der Waals surface area contributed by atoms with Gasteiger partial charge in [-0.2, -0.15) is 0 Å². The topological polar surface area (TPSA) is 38.7 Å². The molecule has 2 aliphatic rings. The van der Waals surface area contributed by atoms with Crippen molar-refractivity contribution in [2.75, 3.05) is 0 Å². The van der Waals surface area contributed by atoms with E-state index >= 15 is 0 Å². The molecule has 3 nitrogen and oxygen atoms in total. The third-order valence-corrected chi connectivity index (χ3v) is 12.0. The summed E-state index contributed by atoms with van der Waals surface area (Å²) in [5.41, 5.74) is 9.81. The molecule has 1 spiro atoms. The molecular weight excluding hydrogens is 639 g/mol. The molecule has 0 radical (unpaired) electrons. The lowest BCUT2D eigenvalue weighted by atomic mass is 9.53. The maximum Gasteiger partial charge on any atom is 0.164 e. The van der Waals surface area contributed by atoms with Crippen molar-refractivity contribution >= 4 is 22.5 Å². The largest absolute Gasteiger partial charge is 0.208 e. The molecule has 51 heavy (non-hydrogen) atoms. The van der Waals surface area contributed by atoms with Crippen molar-refractivity contribution in [3.8, 4) is 34.2 Å². The minimum absolute atomic E-state index is 0.280. The van der Waals surface area contributed by atoms with Crippen molar-refractivity contribution in [1.82, 2.24) is 15.0 Å². The highest BCUT2D eigenvalue weighted by molar-refractivity contribution is 7.99. The molecule has 0 unspecified atom stereocenters. The molecule has 0 bridgehead atoms. The van der Waals surface area contributed by atoms with Crippen LogP contribution in [0.4, 0.5) is 0 Å². The Bertz CT molecular complexity index is 2620. The van der Waals surface area contributed by atoms with E-state index in [2.05, 4.69) is 159 Å². The predicted octanol–water partition coefficient (Wildman–Crippen LogP) is 11.5. The van der Waals surface area contributed by atoms with Crippen molar-refractivity contribution in [3.05, 3.63) is 197 Å². The van der Waals surface area contributed by atoms with Gasteiger partial charge in [-0.15, -0.1) is 0 Å². The zero-order valence-electron chi connectivity index (χ0n) is 28.3. The number of benzene rings is 7. The van der Waals surface area contributed by atoms with Crippen molar-refractivity contribution < 1.29 is 0 Å². The molecule has 4 heteroatoms. The van der Waals surface area contributed by atoms with Gasteiger partial charge in [0.15, 0.2) is 17.5 Å². The lowest BCUT2D eigenvalue weighted by Crippen LogP contribution is -2.43. The molecule has 1 aliphatic heterocycles. The van der Waals surface area contributed by atoms with E-state index in [4.69, 9.17) is 15.0 Å². The van der Waals surface area contributed by atoms with E-state index in [0.29, 0.717) is 17.5 Å². The fraction of sp³-hybridized carbons (Fsp3) is 0.0851. The maximum absolute atomic E-state index is 5.38. The molecule has 10 rings (SSSR count). The Morgan fingerprint density at radius 1 is 0.412 bits per heavy atom. The first-order valence-electron chi connectivity index (χ1n) is 17.5. The molecule has 1 aliphatic carbocycles. The van der Waals surface area contributed by atoms with Gasteiger partial charge in [0.05, 0.1) is 5.41 Å². The smallest absolute Gasteiger partial charge is 0.164 e. The maximum atomic E-state index is 5.38. The van der Waals surface area contributed by atoms with Crippen LogP contribution in [-0.4, -0.2) is 15.0 Å². The van der Waals surface area contributed by atoms with Crippen LogP contribution in [0.5, 0.6) is 0 Å². The lowest BCUT2D eigenvalue weighted by Gasteiger charge is -2.51. The number of nitrogens with zero attached hydrogens (tertiary/aromatic N) is 3. The molecule has 0 fully saturated rings. The molecule has 0 saturated carbocycles. The summed E-state index contributed by atoms with van der Waals surface area (Å²) in [6.07, 6.45) is 0. The van der Waals surface area contributed by atoms with Gasteiger partial charge in [-0.05, 0) is 62.4 Å². The second-order valence-corrected chi connectivity index (χ2v) is 15.1. The molecule has 0 saturated heterocycles. The van der Waals surface area contributed by atoms with E-state index in [1.54, 1.807) is 0 Å².